The number of hydrazone groups is 1. The van der Waals surface area contributed by atoms with E-state index < -0.39 is 0 Å². The quantitative estimate of drug-likeness (QED) is 0.451. The fourth-order valence-electron chi connectivity index (χ4n) is 2.66. The zero-order chi connectivity index (χ0) is 16.7. The van der Waals surface area contributed by atoms with Crippen LogP contribution in [-0.4, -0.2) is 30.7 Å². The molecule has 1 aromatic carbocycles. The second kappa shape index (κ2) is 8.31. The molecule has 4 N–H and O–H groups in total. The van der Waals surface area contributed by atoms with Gasteiger partial charge in [-0.3, -0.25) is 9.79 Å². The van der Waals surface area contributed by atoms with Crippen LogP contribution < -0.4 is 16.5 Å². The van der Waals surface area contributed by atoms with E-state index in [9.17, 15) is 4.79 Å². The number of carbonyl (C=O) groups excluding carboxylic acids is 1. The van der Waals surface area contributed by atoms with Gasteiger partial charge in [0, 0.05) is 18.7 Å². The van der Waals surface area contributed by atoms with Crippen molar-refractivity contribution in [3.63, 3.8) is 0 Å². The van der Waals surface area contributed by atoms with E-state index in [1.165, 1.54) is 19.3 Å². The molecule has 0 aromatic heterocycles. The van der Waals surface area contributed by atoms with Gasteiger partial charge in [0.05, 0.1) is 5.71 Å². The lowest BCUT2D eigenvalue weighted by molar-refractivity contribution is 0.0927. The lowest BCUT2D eigenvalue weighted by atomic mass is 9.95. The molecular weight excluding hydrogens is 290 g/mol. The summed E-state index contributed by atoms with van der Waals surface area (Å²) in [6, 6.07) is 7.75. The first-order valence-corrected chi connectivity index (χ1v) is 8.04. The van der Waals surface area contributed by atoms with Crippen molar-refractivity contribution < 1.29 is 4.79 Å². The topological polar surface area (TPSA) is 91.9 Å². The van der Waals surface area contributed by atoms with Crippen molar-refractivity contribution in [1.29, 1.82) is 0 Å². The van der Waals surface area contributed by atoms with E-state index in [0.717, 1.165) is 24.1 Å². The van der Waals surface area contributed by atoms with Crippen LogP contribution in [0.4, 0.5) is 0 Å². The molecule has 0 spiro atoms. The first kappa shape index (κ1) is 17.0. The highest BCUT2D eigenvalue weighted by atomic mass is 16.1. The Morgan fingerprint density at radius 1 is 1.22 bits per heavy atom. The van der Waals surface area contributed by atoms with Crippen molar-refractivity contribution >= 4 is 17.6 Å². The maximum absolute atomic E-state index is 12.4. The van der Waals surface area contributed by atoms with Crippen LogP contribution in [0.1, 0.15) is 54.9 Å². The third kappa shape index (κ3) is 5.09. The number of amides is 1. The molecule has 2 rings (SSSR count). The minimum atomic E-state index is -0.0193. The summed E-state index contributed by atoms with van der Waals surface area (Å²) < 4.78 is 0. The van der Waals surface area contributed by atoms with Gasteiger partial charge in [0.1, 0.15) is 0 Å². The summed E-state index contributed by atoms with van der Waals surface area (Å²) in [5.41, 5.74) is 10.5. The van der Waals surface area contributed by atoms with Crippen LogP contribution >= 0.6 is 0 Å². The minimum Gasteiger partial charge on any atom is -0.369 e. The summed E-state index contributed by atoms with van der Waals surface area (Å²) in [5, 5.41) is 7.29. The van der Waals surface area contributed by atoms with Crippen molar-refractivity contribution in [3.8, 4) is 0 Å². The SMILES string of the molecule is CN=C(N)N/N=C(\C)c1cccc(C(=O)NC2CCCCC2)c1. The maximum atomic E-state index is 12.4. The molecule has 0 atom stereocenters. The fraction of sp³-hybridized carbons (Fsp3) is 0.471. The van der Waals surface area contributed by atoms with Crippen LogP contribution in [0.25, 0.3) is 0 Å². The molecule has 0 radical (unpaired) electrons. The molecule has 1 aromatic rings. The van der Waals surface area contributed by atoms with E-state index in [2.05, 4.69) is 20.8 Å². The van der Waals surface area contributed by atoms with E-state index in [-0.39, 0.29) is 11.9 Å². The zero-order valence-corrected chi connectivity index (χ0v) is 13.8. The Kier molecular flexibility index (Phi) is 6.14. The molecule has 0 heterocycles. The molecule has 6 heteroatoms. The van der Waals surface area contributed by atoms with Crippen LogP contribution in [0.5, 0.6) is 0 Å². The zero-order valence-electron chi connectivity index (χ0n) is 13.8. The molecule has 0 bridgehead atoms. The Bertz CT molecular complexity index is 603. The molecule has 1 amide bonds. The number of nitrogens with two attached hydrogens (primary N) is 1. The van der Waals surface area contributed by atoms with Gasteiger partial charge >= 0.3 is 0 Å². The molecule has 124 valence electrons. The minimum absolute atomic E-state index is 0.0193. The van der Waals surface area contributed by atoms with E-state index in [1.807, 2.05) is 31.2 Å². The van der Waals surface area contributed by atoms with Crippen LogP contribution in [0.3, 0.4) is 0 Å². The molecule has 1 fully saturated rings. The Morgan fingerprint density at radius 3 is 2.61 bits per heavy atom. The lowest BCUT2D eigenvalue weighted by Crippen LogP contribution is -2.36. The Morgan fingerprint density at radius 2 is 1.91 bits per heavy atom. The van der Waals surface area contributed by atoms with Crippen molar-refractivity contribution in [2.75, 3.05) is 7.05 Å². The number of carbonyl (C=O) groups is 1. The summed E-state index contributed by atoms with van der Waals surface area (Å²) in [5.74, 6) is 0.227. The first-order chi connectivity index (χ1) is 11.1. The molecule has 6 nitrogen and oxygen atoms in total. The molecule has 1 saturated carbocycles. The third-order valence-electron chi connectivity index (χ3n) is 4.06. The normalized spacial score (nSPS) is 17.0. The number of rotatable bonds is 4. The molecule has 0 unspecified atom stereocenters. The van der Waals surface area contributed by atoms with Crippen molar-refractivity contribution in [3.05, 3.63) is 35.4 Å². The fourth-order valence-corrected chi connectivity index (χ4v) is 2.66. The van der Waals surface area contributed by atoms with Gasteiger partial charge in [0.2, 0.25) is 5.96 Å². The van der Waals surface area contributed by atoms with Gasteiger partial charge in [0.15, 0.2) is 0 Å². The van der Waals surface area contributed by atoms with Crippen LogP contribution in [0.15, 0.2) is 34.4 Å². The summed E-state index contributed by atoms with van der Waals surface area (Å²) >= 11 is 0. The van der Waals surface area contributed by atoms with Gasteiger partial charge in [0.25, 0.3) is 5.91 Å². The van der Waals surface area contributed by atoms with E-state index in [4.69, 9.17) is 5.73 Å². The predicted octanol–water partition coefficient (Wildman–Crippen LogP) is 2.01. The predicted molar refractivity (Wildman–Crippen MR) is 93.7 cm³/mol. The average molecular weight is 315 g/mol. The van der Waals surface area contributed by atoms with E-state index in [1.54, 1.807) is 7.05 Å². The lowest BCUT2D eigenvalue weighted by Gasteiger charge is -2.22. The average Bonchev–Trinajstić information content (AvgIpc) is 2.60. The van der Waals surface area contributed by atoms with E-state index in [0.29, 0.717) is 11.6 Å². The number of nitrogens with zero attached hydrogens (tertiary/aromatic N) is 2. The number of aliphatic imine (C=N–C) groups is 1. The van der Waals surface area contributed by atoms with Crippen molar-refractivity contribution in [2.45, 2.75) is 45.1 Å². The molecule has 0 aliphatic heterocycles. The molecule has 23 heavy (non-hydrogen) atoms. The van der Waals surface area contributed by atoms with Gasteiger partial charge in [-0.2, -0.15) is 5.10 Å². The largest absolute Gasteiger partial charge is 0.369 e. The Balaban J connectivity index is 2.04. The summed E-state index contributed by atoms with van der Waals surface area (Å²) in [6.45, 7) is 1.86. The highest BCUT2D eigenvalue weighted by Gasteiger charge is 2.16. The van der Waals surface area contributed by atoms with Crippen molar-refractivity contribution in [2.24, 2.45) is 15.8 Å². The standard InChI is InChI=1S/C17H25N5O/c1-12(21-22-17(18)19-2)13-7-6-8-14(11-13)16(23)20-15-9-4-3-5-10-15/h6-8,11,15H,3-5,9-10H2,1-2H3,(H,20,23)(H3,18,19,22)/b21-12+. The van der Waals surface area contributed by atoms with Gasteiger partial charge < -0.3 is 11.1 Å². The first-order valence-electron chi connectivity index (χ1n) is 8.04. The molecule has 1 aliphatic rings. The number of hydrogen-bond donors (Lipinski definition) is 3. The molecule has 1 aliphatic carbocycles. The molecular formula is C17H25N5O. The second-order valence-electron chi connectivity index (χ2n) is 5.81. The third-order valence-corrected chi connectivity index (χ3v) is 4.06. The number of nitrogens with one attached hydrogen (secondary N) is 2. The van der Waals surface area contributed by atoms with Crippen molar-refractivity contribution in [1.82, 2.24) is 10.7 Å². The van der Waals surface area contributed by atoms with Gasteiger partial charge in [-0.15, -0.1) is 0 Å². The monoisotopic (exact) mass is 315 g/mol. The second-order valence-corrected chi connectivity index (χ2v) is 5.81. The summed E-state index contributed by atoms with van der Waals surface area (Å²) in [4.78, 5) is 16.2. The number of guanidine groups is 1. The number of hydrogen-bond acceptors (Lipinski definition) is 3. The van der Waals surface area contributed by atoms with Gasteiger partial charge in [-0.1, -0.05) is 31.4 Å². The molecule has 0 saturated heterocycles. The van der Waals surface area contributed by atoms with Crippen LogP contribution in [0.2, 0.25) is 0 Å². The van der Waals surface area contributed by atoms with Crippen LogP contribution in [0, 0.1) is 0 Å². The Hall–Kier alpha value is -2.37. The van der Waals surface area contributed by atoms with Gasteiger partial charge in [-0.05, 0) is 37.5 Å². The van der Waals surface area contributed by atoms with Crippen LogP contribution in [-0.2, 0) is 0 Å². The smallest absolute Gasteiger partial charge is 0.251 e. The Labute approximate surface area is 137 Å². The summed E-state index contributed by atoms with van der Waals surface area (Å²) in [7, 11) is 1.59. The van der Waals surface area contributed by atoms with Gasteiger partial charge in [-0.25, -0.2) is 5.43 Å². The number of benzene rings is 1. The highest BCUT2D eigenvalue weighted by Crippen LogP contribution is 2.18. The summed E-state index contributed by atoms with van der Waals surface area (Å²) in [6.07, 6.45) is 5.82. The van der Waals surface area contributed by atoms with E-state index >= 15 is 0 Å². The maximum Gasteiger partial charge on any atom is 0.251 e. The highest BCUT2D eigenvalue weighted by molar-refractivity contribution is 6.02.